The molecule has 0 amide bonds. The zero-order valence-electron chi connectivity index (χ0n) is 17.1. The van der Waals surface area contributed by atoms with E-state index >= 15 is 0 Å². The lowest BCUT2D eigenvalue weighted by Crippen LogP contribution is -2.41. The molecule has 1 aliphatic heterocycles. The fraction of sp³-hybridized carbons (Fsp3) is 0.455. The number of hydrogen-bond acceptors (Lipinski definition) is 6. The van der Waals surface area contributed by atoms with Crippen molar-refractivity contribution >= 4 is 5.97 Å². The summed E-state index contributed by atoms with van der Waals surface area (Å²) in [7, 11) is 4.78. The number of carbonyl (C=O) groups is 1. The van der Waals surface area contributed by atoms with Gasteiger partial charge in [-0.2, -0.15) is 0 Å². The number of likely N-dealkylation sites (tertiary alicyclic amines) is 1. The Kier molecular flexibility index (Phi) is 6.93. The van der Waals surface area contributed by atoms with Crippen molar-refractivity contribution in [3.05, 3.63) is 47.8 Å². The summed E-state index contributed by atoms with van der Waals surface area (Å²) < 4.78 is 16.7. The van der Waals surface area contributed by atoms with Gasteiger partial charge < -0.3 is 19.3 Å². The van der Waals surface area contributed by atoms with E-state index in [1.54, 1.807) is 27.5 Å². The summed E-state index contributed by atoms with van der Waals surface area (Å²) in [5, 5.41) is 9.55. The molecule has 0 spiro atoms. The van der Waals surface area contributed by atoms with E-state index in [0.29, 0.717) is 36.6 Å². The molecule has 1 saturated heterocycles. The van der Waals surface area contributed by atoms with E-state index in [1.165, 1.54) is 0 Å². The third-order valence-electron chi connectivity index (χ3n) is 5.47. The summed E-state index contributed by atoms with van der Waals surface area (Å²) in [4.78, 5) is 18.3. The van der Waals surface area contributed by atoms with Gasteiger partial charge in [0, 0.05) is 36.5 Å². The third kappa shape index (κ3) is 4.62. The van der Waals surface area contributed by atoms with Crippen molar-refractivity contribution in [1.29, 1.82) is 0 Å². The minimum absolute atomic E-state index is 0.0955. The van der Waals surface area contributed by atoms with Crippen LogP contribution in [0.5, 0.6) is 17.2 Å². The van der Waals surface area contributed by atoms with Gasteiger partial charge in [0.25, 0.3) is 0 Å². The Morgan fingerprint density at radius 1 is 1.17 bits per heavy atom. The number of hydrogen-bond donors (Lipinski definition) is 1. The Morgan fingerprint density at radius 3 is 2.59 bits per heavy atom. The maximum absolute atomic E-state index is 11.6. The Morgan fingerprint density at radius 2 is 1.97 bits per heavy atom. The smallest absolute Gasteiger partial charge is 0.307 e. The average Bonchev–Trinajstić information content (AvgIpc) is 2.77. The quantitative estimate of drug-likeness (QED) is 0.729. The number of pyridine rings is 1. The zero-order valence-corrected chi connectivity index (χ0v) is 17.1. The first-order chi connectivity index (χ1) is 14.1. The van der Waals surface area contributed by atoms with Gasteiger partial charge in [-0.3, -0.25) is 14.7 Å². The minimum atomic E-state index is -0.745. The first-order valence-corrected chi connectivity index (χ1v) is 9.74. The van der Waals surface area contributed by atoms with Crippen molar-refractivity contribution in [2.24, 2.45) is 5.92 Å². The molecule has 1 aliphatic rings. The topological polar surface area (TPSA) is 81.1 Å². The van der Waals surface area contributed by atoms with Crippen molar-refractivity contribution in [3.8, 4) is 17.2 Å². The highest BCUT2D eigenvalue weighted by Crippen LogP contribution is 2.44. The summed E-state index contributed by atoms with van der Waals surface area (Å²) in [5.41, 5.74) is 1.87. The first kappa shape index (κ1) is 20.9. The second-order valence-corrected chi connectivity index (χ2v) is 7.14. The Bertz CT molecular complexity index is 827. The molecule has 1 aromatic carbocycles. The van der Waals surface area contributed by atoms with Gasteiger partial charge in [-0.15, -0.1) is 0 Å². The fourth-order valence-electron chi connectivity index (χ4n) is 4.03. The number of benzene rings is 1. The number of nitrogens with zero attached hydrogens (tertiary/aromatic N) is 2. The van der Waals surface area contributed by atoms with E-state index in [1.807, 2.05) is 30.3 Å². The predicted octanol–water partition coefficient (Wildman–Crippen LogP) is 3.19. The van der Waals surface area contributed by atoms with Crippen LogP contribution in [0.3, 0.4) is 0 Å². The number of carboxylic acid groups (broad SMARTS) is 1. The monoisotopic (exact) mass is 400 g/mol. The molecule has 0 bridgehead atoms. The highest BCUT2D eigenvalue weighted by Gasteiger charge is 2.33. The lowest BCUT2D eigenvalue weighted by Gasteiger charge is -2.38. The van der Waals surface area contributed by atoms with E-state index in [4.69, 9.17) is 14.2 Å². The summed E-state index contributed by atoms with van der Waals surface area (Å²) in [6, 6.07) is 9.57. The van der Waals surface area contributed by atoms with Crippen LogP contribution in [-0.2, 0) is 11.2 Å². The molecule has 1 aromatic heterocycles. The van der Waals surface area contributed by atoms with Crippen molar-refractivity contribution in [3.63, 3.8) is 0 Å². The van der Waals surface area contributed by atoms with Crippen LogP contribution >= 0.6 is 0 Å². The highest BCUT2D eigenvalue weighted by molar-refractivity contribution is 5.70. The largest absolute Gasteiger partial charge is 0.493 e. The Labute approximate surface area is 171 Å². The predicted molar refractivity (Wildman–Crippen MR) is 109 cm³/mol. The lowest BCUT2D eigenvalue weighted by molar-refractivity contribution is -0.144. The molecule has 1 N–H and O–H groups in total. The molecule has 2 unspecified atom stereocenters. The van der Waals surface area contributed by atoms with Gasteiger partial charge in [0.1, 0.15) is 0 Å². The summed E-state index contributed by atoms with van der Waals surface area (Å²) in [5.74, 6) is 0.606. The number of rotatable bonds is 8. The molecule has 7 heteroatoms. The van der Waals surface area contributed by atoms with Crippen LogP contribution in [-0.4, -0.2) is 55.4 Å². The van der Waals surface area contributed by atoms with Gasteiger partial charge in [0.05, 0.1) is 27.2 Å². The molecule has 156 valence electrons. The maximum atomic E-state index is 11.6. The van der Waals surface area contributed by atoms with Crippen molar-refractivity contribution in [2.75, 3.05) is 34.4 Å². The molecule has 1 fully saturated rings. The number of carboxylic acids is 1. The average molecular weight is 400 g/mol. The van der Waals surface area contributed by atoms with Crippen molar-refractivity contribution in [2.45, 2.75) is 25.3 Å². The number of aliphatic carboxylic acids is 1. The highest BCUT2D eigenvalue weighted by atomic mass is 16.5. The molecule has 29 heavy (non-hydrogen) atoms. The van der Waals surface area contributed by atoms with Crippen LogP contribution < -0.4 is 14.2 Å². The second-order valence-electron chi connectivity index (χ2n) is 7.14. The van der Waals surface area contributed by atoms with Gasteiger partial charge in [-0.05, 0) is 43.7 Å². The molecule has 3 rings (SSSR count). The lowest BCUT2D eigenvalue weighted by atomic mass is 9.92. The minimum Gasteiger partial charge on any atom is -0.493 e. The standard InChI is InChI=1S/C22H28N2O5/c1-27-19-10-9-17(20(28-2)21(19)29-3)18(13-16-8-4-5-11-23-16)24-12-6-7-15(14-24)22(25)26/h4-5,8-11,15,18H,6-7,12-14H2,1-3H3,(H,25,26). The molecule has 2 atom stereocenters. The van der Waals surface area contributed by atoms with E-state index in [9.17, 15) is 9.90 Å². The number of aromatic nitrogens is 1. The van der Waals surface area contributed by atoms with Crippen LogP contribution in [0.15, 0.2) is 36.5 Å². The second kappa shape index (κ2) is 9.60. The van der Waals surface area contributed by atoms with Gasteiger partial charge in [0.2, 0.25) is 5.75 Å². The third-order valence-corrected chi connectivity index (χ3v) is 5.47. The van der Waals surface area contributed by atoms with Gasteiger partial charge >= 0.3 is 5.97 Å². The van der Waals surface area contributed by atoms with Crippen LogP contribution in [0, 0.1) is 5.92 Å². The molecule has 0 aliphatic carbocycles. The molecule has 2 aromatic rings. The molecule has 0 radical (unpaired) electrons. The zero-order chi connectivity index (χ0) is 20.8. The first-order valence-electron chi connectivity index (χ1n) is 9.74. The molecular formula is C22H28N2O5. The van der Waals surface area contributed by atoms with Crippen LogP contribution in [0.25, 0.3) is 0 Å². The molecular weight excluding hydrogens is 372 g/mol. The van der Waals surface area contributed by atoms with Crippen LogP contribution in [0.2, 0.25) is 0 Å². The SMILES string of the molecule is COc1ccc(C(Cc2ccccn2)N2CCCC(C(=O)O)C2)c(OC)c1OC. The van der Waals surface area contributed by atoms with Crippen LogP contribution in [0.4, 0.5) is 0 Å². The maximum Gasteiger partial charge on any atom is 0.307 e. The van der Waals surface area contributed by atoms with Gasteiger partial charge in [-0.25, -0.2) is 0 Å². The van der Waals surface area contributed by atoms with E-state index in [0.717, 1.165) is 24.2 Å². The van der Waals surface area contributed by atoms with Crippen molar-refractivity contribution in [1.82, 2.24) is 9.88 Å². The fourth-order valence-corrected chi connectivity index (χ4v) is 4.03. The van der Waals surface area contributed by atoms with E-state index in [-0.39, 0.29) is 12.0 Å². The Hall–Kier alpha value is -2.80. The normalized spacial score (nSPS) is 18.1. The Balaban J connectivity index is 2.04. The number of piperidine rings is 1. The number of ether oxygens (including phenoxy) is 3. The summed E-state index contributed by atoms with van der Waals surface area (Å²) in [6.45, 7) is 1.31. The molecule has 2 heterocycles. The van der Waals surface area contributed by atoms with Gasteiger partial charge in [-0.1, -0.05) is 6.07 Å². The van der Waals surface area contributed by atoms with Crippen LogP contribution in [0.1, 0.15) is 30.1 Å². The molecule has 7 nitrogen and oxygen atoms in total. The van der Waals surface area contributed by atoms with Crippen molar-refractivity contribution < 1.29 is 24.1 Å². The number of methoxy groups -OCH3 is 3. The van der Waals surface area contributed by atoms with E-state index in [2.05, 4.69) is 9.88 Å². The van der Waals surface area contributed by atoms with Gasteiger partial charge in [0.15, 0.2) is 11.5 Å². The summed E-state index contributed by atoms with van der Waals surface area (Å²) >= 11 is 0. The summed E-state index contributed by atoms with van der Waals surface area (Å²) in [6.07, 6.45) is 3.95. The van der Waals surface area contributed by atoms with E-state index < -0.39 is 5.97 Å². The molecule has 0 saturated carbocycles.